The molecule has 0 radical (unpaired) electrons. The standard InChI is InChI=1S/C16H20N4O3/c1-10-5-13(19-18-10)6-12-8-20(9-14(12)21)16(22)11-3-4-17-15(7-11)23-2/h3-5,7,12,14,21H,6,8-9H2,1-2H3,(H,18,19)/t12-,14+/m1/s1. The predicted octanol–water partition coefficient (Wildman–Crippen LogP) is 0.797. The summed E-state index contributed by atoms with van der Waals surface area (Å²) in [6.07, 6.45) is 1.65. The van der Waals surface area contributed by atoms with Crippen molar-refractivity contribution < 1.29 is 14.6 Å². The molecule has 3 heterocycles. The molecule has 7 nitrogen and oxygen atoms in total. The number of pyridine rings is 1. The molecular formula is C16H20N4O3. The van der Waals surface area contributed by atoms with Gasteiger partial charge >= 0.3 is 0 Å². The van der Waals surface area contributed by atoms with E-state index in [9.17, 15) is 9.90 Å². The number of H-pyrrole nitrogens is 1. The number of β-amino-alcohol motifs (C(OH)–C–C–N with tert-alkyl or cyclic N) is 1. The van der Waals surface area contributed by atoms with E-state index < -0.39 is 6.10 Å². The van der Waals surface area contributed by atoms with E-state index in [1.807, 2.05) is 13.0 Å². The van der Waals surface area contributed by atoms with Crippen LogP contribution in [0.1, 0.15) is 21.7 Å². The van der Waals surface area contributed by atoms with Crippen molar-refractivity contribution in [1.29, 1.82) is 0 Å². The lowest BCUT2D eigenvalue weighted by molar-refractivity contribution is 0.0764. The van der Waals surface area contributed by atoms with E-state index in [-0.39, 0.29) is 11.8 Å². The van der Waals surface area contributed by atoms with Gasteiger partial charge in [0.2, 0.25) is 5.88 Å². The quantitative estimate of drug-likeness (QED) is 0.870. The number of nitrogens with zero attached hydrogens (tertiary/aromatic N) is 3. The highest BCUT2D eigenvalue weighted by Gasteiger charge is 2.34. The van der Waals surface area contributed by atoms with Crippen LogP contribution in [-0.4, -0.2) is 57.4 Å². The van der Waals surface area contributed by atoms with Crippen LogP contribution < -0.4 is 4.74 Å². The number of carbonyl (C=O) groups excluding carboxylic acids is 1. The fraction of sp³-hybridized carbons (Fsp3) is 0.438. The van der Waals surface area contributed by atoms with Gasteiger partial charge in [-0.05, 0) is 25.5 Å². The number of amides is 1. The first-order chi connectivity index (χ1) is 11.1. The van der Waals surface area contributed by atoms with Crippen LogP contribution in [0.5, 0.6) is 5.88 Å². The first kappa shape index (κ1) is 15.5. The minimum absolute atomic E-state index is 0.00890. The Hall–Kier alpha value is -2.41. The molecule has 1 fully saturated rings. The smallest absolute Gasteiger partial charge is 0.254 e. The van der Waals surface area contributed by atoms with Crippen molar-refractivity contribution in [2.45, 2.75) is 19.4 Å². The highest BCUT2D eigenvalue weighted by Crippen LogP contribution is 2.23. The number of hydrogen-bond acceptors (Lipinski definition) is 5. The highest BCUT2D eigenvalue weighted by molar-refractivity contribution is 5.94. The van der Waals surface area contributed by atoms with Crippen molar-refractivity contribution in [2.75, 3.05) is 20.2 Å². The molecule has 1 aliphatic heterocycles. The lowest BCUT2D eigenvalue weighted by Crippen LogP contribution is -2.29. The van der Waals surface area contributed by atoms with Crippen LogP contribution in [0.25, 0.3) is 0 Å². The molecule has 3 rings (SSSR count). The van der Waals surface area contributed by atoms with Crippen LogP contribution in [0.3, 0.4) is 0 Å². The van der Waals surface area contributed by atoms with E-state index in [1.54, 1.807) is 23.2 Å². The first-order valence-corrected chi connectivity index (χ1v) is 7.55. The number of aromatic amines is 1. The number of carbonyl (C=O) groups is 1. The number of aromatic nitrogens is 3. The number of ether oxygens (including phenoxy) is 1. The third-order valence-electron chi connectivity index (χ3n) is 4.11. The Bertz CT molecular complexity index is 700. The van der Waals surface area contributed by atoms with Crippen LogP contribution in [0.2, 0.25) is 0 Å². The molecule has 0 saturated carbocycles. The van der Waals surface area contributed by atoms with Crippen molar-refractivity contribution in [1.82, 2.24) is 20.1 Å². The van der Waals surface area contributed by atoms with Crippen molar-refractivity contribution in [3.8, 4) is 5.88 Å². The predicted molar refractivity (Wildman–Crippen MR) is 83.2 cm³/mol. The van der Waals surface area contributed by atoms with Gasteiger partial charge in [0.1, 0.15) is 0 Å². The van der Waals surface area contributed by atoms with Crippen molar-refractivity contribution in [2.24, 2.45) is 5.92 Å². The van der Waals surface area contributed by atoms with Gasteiger partial charge < -0.3 is 14.7 Å². The Morgan fingerprint density at radius 1 is 1.48 bits per heavy atom. The molecule has 23 heavy (non-hydrogen) atoms. The molecule has 122 valence electrons. The van der Waals surface area contributed by atoms with Crippen LogP contribution >= 0.6 is 0 Å². The summed E-state index contributed by atoms with van der Waals surface area (Å²) in [5.41, 5.74) is 2.41. The van der Waals surface area contributed by atoms with Crippen LogP contribution in [0.4, 0.5) is 0 Å². The Kier molecular flexibility index (Phi) is 4.29. The van der Waals surface area contributed by atoms with Gasteiger partial charge in [0, 0.05) is 42.5 Å². The van der Waals surface area contributed by atoms with E-state index in [1.165, 1.54) is 7.11 Å². The molecular weight excluding hydrogens is 296 g/mol. The number of methoxy groups -OCH3 is 1. The Balaban J connectivity index is 1.68. The summed E-state index contributed by atoms with van der Waals surface area (Å²) in [6, 6.07) is 5.23. The fourth-order valence-corrected chi connectivity index (χ4v) is 2.90. The molecule has 0 bridgehead atoms. The first-order valence-electron chi connectivity index (χ1n) is 7.55. The molecule has 0 aliphatic carbocycles. The Morgan fingerprint density at radius 3 is 3.00 bits per heavy atom. The molecule has 2 N–H and O–H groups in total. The maximum atomic E-state index is 12.6. The summed E-state index contributed by atoms with van der Waals surface area (Å²) in [4.78, 5) is 18.2. The summed E-state index contributed by atoms with van der Waals surface area (Å²) in [7, 11) is 1.51. The minimum Gasteiger partial charge on any atom is -0.481 e. The molecule has 1 aliphatic rings. The van der Waals surface area contributed by atoms with E-state index in [4.69, 9.17) is 4.74 Å². The van der Waals surface area contributed by atoms with Crippen LogP contribution in [0, 0.1) is 12.8 Å². The summed E-state index contributed by atoms with van der Waals surface area (Å²) in [5, 5.41) is 17.4. The maximum Gasteiger partial charge on any atom is 0.254 e. The molecule has 0 aromatic carbocycles. The minimum atomic E-state index is -0.542. The summed E-state index contributed by atoms with van der Waals surface area (Å²) < 4.78 is 5.05. The second kappa shape index (κ2) is 6.37. The molecule has 1 saturated heterocycles. The average Bonchev–Trinajstić information content (AvgIpc) is 3.13. The zero-order valence-corrected chi connectivity index (χ0v) is 13.2. The number of rotatable bonds is 4. The molecule has 0 spiro atoms. The van der Waals surface area contributed by atoms with Gasteiger partial charge in [-0.25, -0.2) is 4.98 Å². The second-order valence-electron chi connectivity index (χ2n) is 5.87. The monoisotopic (exact) mass is 316 g/mol. The molecule has 2 aromatic rings. The van der Waals surface area contributed by atoms with Gasteiger partial charge in [-0.3, -0.25) is 9.89 Å². The third-order valence-corrected chi connectivity index (χ3v) is 4.11. The van der Waals surface area contributed by atoms with Gasteiger partial charge in [0.05, 0.1) is 18.9 Å². The number of aryl methyl sites for hydroxylation is 1. The molecule has 7 heteroatoms. The topological polar surface area (TPSA) is 91.3 Å². The number of aliphatic hydroxyl groups excluding tert-OH is 1. The largest absolute Gasteiger partial charge is 0.481 e. The normalized spacial score (nSPS) is 20.7. The number of hydrogen-bond donors (Lipinski definition) is 2. The second-order valence-corrected chi connectivity index (χ2v) is 5.87. The molecule has 2 aromatic heterocycles. The van der Waals surface area contributed by atoms with E-state index in [0.29, 0.717) is 31.0 Å². The molecule has 0 unspecified atom stereocenters. The SMILES string of the molecule is COc1cc(C(=O)N2C[C@@H](Cc3cc(C)[nH]n3)[C@@H](O)C2)ccn1. The Morgan fingerprint density at radius 2 is 2.30 bits per heavy atom. The van der Waals surface area contributed by atoms with Crippen molar-refractivity contribution in [3.63, 3.8) is 0 Å². The molecule has 2 atom stereocenters. The average molecular weight is 316 g/mol. The van der Waals surface area contributed by atoms with Gasteiger partial charge in [-0.1, -0.05) is 0 Å². The third kappa shape index (κ3) is 3.34. The molecule has 1 amide bonds. The highest BCUT2D eigenvalue weighted by atomic mass is 16.5. The summed E-state index contributed by atoms with van der Waals surface area (Å²) in [6.45, 7) is 2.78. The van der Waals surface area contributed by atoms with Gasteiger partial charge in [0.15, 0.2) is 0 Å². The summed E-state index contributed by atoms with van der Waals surface area (Å²) in [5.74, 6) is 0.273. The zero-order valence-electron chi connectivity index (χ0n) is 13.2. The van der Waals surface area contributed by atoms with E-state index in [2.05, 4.69) is 15.2 Å². The van der Waals surface area contributed by atoms with Crippen LogP contribution in [-0.2, 0) is 6.42 Å². The van der Waals surface area contributed by atoms with Crippen molar-refractivity contribution >= 4 is 5.91 Å². The number of likely N-dealkylation sites (tertiary alicyclic amines) is 1. The maximum absolute atomic E-state index is 12.6. The van der Waals surface area contributed by atoms with Gasteiger partial charge in [-0.15, -0.1) is 0 Å². The van der Waals surface area contributed by atoms with E-state index in [0.717, 1.165) is 11.4 Å². The van der Waals surface area contributed by atoms with Gasteiger partial charge in [0.25, 0.3) is 5.91 Å². The fourth-order valence-electron chi connectivity index (χ4n) is 2.90. The number of aliphatic hydroxyl groups is 1. The Labute approximate surface area is 134 Å². The van der Waals surface area contributed by atoms with E-state index >= 15 is 0 Å². The summed E-state index contributed by atoms with van der Waals surface area (Å²) >= 11 is 0. The lowest BCUT2D eigenvalue weighted by Gasteiger charge is -2.16. The van der Waals surface area contributed by atoms with Gasteiger partial charge in [-0.2, -0.15) is 5.10 Å². The van der Waals surface area contributed by atoms with Crippen molar-refractivity contribution in [3.05, 3.63) is 41.3 Å². The van der Waals surface area contributed by atoms with Crippen LogP contribution in [0.15, 0.2) is 24.4 Å². The lowest BCUT2D eigenvalue weighted by atomic mass is 10.0. The number of nitrogens with one attached hydrogen (secondary N) is 1. The zero-order chi connectivity index (χ0) is 16.4.